The third kappa shape index (κ3) is 3.74. The van der Waals surface area contributed by atoms with Crippen LogP contribution in [0.2, 0.25) is 0 Å². The topological polar surface area (TPSA) is 46.9 Å². The Labute approximate surface area is 166 Å². The van der Waals surface area contributed by atoms with E-state index in [1.54, 1.807) is 0 Å². The normalized spacial score (nSPS) is 11.0. The first-order valence-corrected chi connectivity index (χ1v) is 9.25. The molecular weight excluding hydrogens is 372 g/mol. The second-order valence-electron chi connectivity index (χ2n) is 6.81. The van der Waals surface area contributed by atoms with Gasteiger partial charge in [0.05, 0.1) is 17.6 Å². The van der Waals surface area contributed by atoms with E-state index in [1.165, 1.54) is 6.07 Å². The molecule has 0 aliphatic heterocycles. The van der Waals surface area contributed by atoms with Gasteiger partial charge >= 0.3 is 0 Å². The molecule has 1 N–H and O–H groups in total. The number of carbonyl (C=O) groups excluding carboxylic acids is 1. The lowest BCUT2D eigenvalue weighted by atomic mass is 10.1. The number of halogens is 2. The summed E-state index contributed by atoms with van der Waals surface area (Å²) in [5.41, 5.74) is 3.41. The monoisotopic (exact) mass is 391 g/mol. The van der Waals surface area contributed by atoms with Crippen molar-refractivity contribution in [3.8, 4) is 0 Å². The van der Waals surface area contributed by atoms with Crippen LogP contribution in [0, 0.1) is 18.6 Å². The molecule has 1 aromatic heterocycles. The average molecular weight is 391 g/mol. The Morgan fingerprint density at radius 3 is 2.41 bits per heavy atom. The van der Waals surface area contributed by atoms with E-state index in [4.69, 9.17) is 0 Å². The van der Waals surface area contributed by atoms with Crippen LogP contribution in [-0.2, 0) is 13.1 Å². The van der Waals surface area contributed by atoms with Crippen molar-refractivity contribution < 1.29 is 13.6 Å². The molecule has 3 aromatic carbocycles. The first kappa shape index (κ1) is 18.8. The SMILES string of the molecule is Cc1ccccc1Cn1c(CNC(=O)c2c(F)cccc2F)nc2ccccc21. The quantitative estimate of drug-likeness (QED) is 0.540. The highest BCUT2D eigenvalue weighted by atomic mass is 19.1. The number of imidazole rings is 1. The van der Waals surface area contributed by atoms with E-state index in [1.807, 2.05) is 60.0 Å². The Morgan fingerprint density at radius 1 is 0.966 bits per heavy atom. The second kappa shape index (κ2) is 7.83. The average Bonchev–Trinajstić information content (AvgIpc) is 3.05. The molecule has 6 heteroatoms. The van der Waals surface area contributed by atoms with Gasteiger partial charge in [0.1, 0.15) is 23.0 Å². The number of aromatic nitrogens is 2. The molecule has 0 atom stereocenters. The predicted octanol–water partition coefficient (Wildman–Crippen LogP) is 4.60. The molecule has 0 saturated carbocycles. The maximum atomic E-state index is 13.9. The van der Waals surface area contributed by atoms with E-state index < -0.39 is 23.1 Å². The van der Waals surface area contributed by atoms with Crippen LogP contribution in [-0.4, -0.2) is 15.5 Å². The van der Waals surface area contributed by atoms with Crippen molar-refractivity contribution >= 4 is 16.9 Å². The highest BCUT2D eigenvalue weighted by molar-refractivity contribution is 5.94. The summed E-state index contributed by atoms with van der Waals surface area (Å²) >= 11 is 0. The summed E-state index contributed by atoms with van der Waals surface area (Å²) in [6, 6.07) is 19.1. The van der Waals surface area contributed by atoms with Crippen LogP contribution in [0.1, 0.15) is 27.3 Å². The number of benzene rings is 3. The van der Waals surface area contributed by atoms with Gasteiger partial charge in [-0.3, -0.25) is 4.79 Å². The van der Waals surface area contributed by atoms with Crippen LogP contribution in [0.5, 0.6) is 0 Å². The standard InChI is InChI=1S/C23H19F2N3O/c1-15-7-2-3-8-16(15)14-28-20-12-5-4-11-19(20)27-21(28)13-26-23(29)22-17(24)9-6-10-18(22)25/h2-12H,13-14H2,1H3,(H,26,29). The first-order valence-electron chi connectivity index (χ1n) is 9.25. The van der Waals surface area contributed by atoms with E-state index >= 15 is 0 Å². The lowest BCUT2D eigenvalue weighted by molar-refractivity contribution is 0.0941. The van der Waals surface area contributed by atoms with Gasteiger partial charge in [0.15, 0.2) is 0 Å². The summed E-state index contributed by atoms with van der Waals surface area (Å²) in [7, 11) is 0. The fourth-order valence-corrected chi connectivity index (χ4v) is 3.36. The molecule has 0 radical (unpaired) electrons. The molecule has 4 aromatic rings. The zero-order chi connectivity index (χ0) is 20.4. The van der Waals surface area contributed by atoms with Crippen molar-refractivity contribution in [3.05, 3.63) is 101 Å². The maximum Gasteiger partial charge on any atom is 0.257 e. The number of nitrogens with one attached hydrogen (secondary N) is 1. The van der Waals surface area contributed by atoms with Gasteiger partial charge in [-0.15, -0.1) is 0 Å². The fraction of sp³-hybridized carbons (Fsp3) is 0.130. The number of fused-ring (bicyclic) bond motifs is 1. The molecule has 0 spiro atoms. The van der Waals surface area contributed by atoms with Crippen LogP contribution in [0.4, 0.5) is 8.78 Å². The molecule has 0 bridgehead atoms. The number of nitrogens with zero attached hydrogens (tertiary/aromatic N) is 2. The zero-order valence-corrected chi connectivity index (χ0v) is 15.8. The van der Waals surface area contributed by atoms with Crippen molar-refractivity contribution in [2.45, 2.75) is 20.0 Å². The van der Waals surface area contributed by atoms with E-state index in [0.29, 0.717) is 12.4 Å². The number of aryl methyl sites for hydroxylation is 1. The molecule has 29 heavy (non-hydrogen) atoms. The summed E-state index contributed by atoms with van der Waals surface area (Å²) in [6.45, 7) is 2.66. The molecule has 1 amide bonds. The lowest BCUT2D eigenvalue weighted by Crippen LogP contribution is -2.26. The van der Waals surface area contributed by atoms with Crippen LogP contribution >= 0.6 is 0 Å². The van der Waals surface area contributed by atoms with Gasteiger partial charge in [0.2, 0.25) is 0 Å². The number of para-hydroxylation sites is 2. The Bertz CT molecular complexity index is 1180. The predicted molar refractivity (Wildman–Crippen MR) is 108 cm³/mol. The largest absolute Gasteiger partial charge is 0.345 e. The summed E-state index contributed by atoms with van der Waals surface area (Å²) in [4.78, 5) is 17.0. The van der Waals surface area contributed by atoms with Gasteiger partial charge in [0.25, 0.3) is 5.91 Å². The van der Waals surface area contributed by atoms with E-state index in [9.17, 15) is 13.6 Å². The molecule has 0 saturated heterocycles. The second-order valence-corrected chi connectivity index (χ2v) is 6.81. The molecule has 4 nitrogen and oxygen atoms in total. The van der Waals surface area contributed by atoms with Gasteiger partial charge in [-0.1, -0.05) is 42.5 Å². The zero-order valence-electron chi connectivity index (χ0n) is 15.8. The smallest absolute Gasteiger partial charge is 0.257 e. The first-order chi connectivity index (χ1) is 14.0. The van der Waals surface area contributed by atoms with Gasteiger partial charge in [0, 0.05) is 6.54 Å². The Hall–Kier alpha value is -3.54. The minimum absolute atomic E-state index is 0.0488. The van der Waals surface area contributed by atoms with Gasteiger partial charge < -0.3 is 9.88 Å². The molecule has 0 aliphatic carbocycles. The Balaban J connectivity index is 1.65. The van der Waals surface area contributed by atoms with Gasteiger partial charge in [-0.05, 0) is 42.3 Å². The third-order valence-corrected chi connectivity index (χ3v) is 4.92. The highest BCUT2D eigenvalue weighted by Crippen LogP contribution is 2.20. The maximum absolute atomic E-state index is 13.9. The molecule has 4 rings (SSSR count). The van der Waals surface area contributed by atoms with Crippen molar-refractivity contribution in [2.24, 2.45) is 0 Å². The lowest BCUT2D eigenvalue weighted by Gasteiger charge is -2.12. The van der Waals surface area contributed by atoms with Crippen LogP contribution < -0.4 is 5.32 Å². The van der Waals surface area contributed by atoms with Crippen LogP contribution in [0.25, 0.3) is 11.0 Å². The fourth-order valence-electron chi connectivity index (χ4n) is 3.36. The summed E-state index contributed by atoms with van der Waals surface area (Å²) < 4.78 is 29.8. The Kier molecular flexibility index (Phi) is 5.08. The number of rotatable bonds is 5. The van der Waals surface area contributed by atoms with Crippen LogP contribution in [0.3, 0.4) is 0 Å². The number of carbonyl (C=O) groups is 1. The Morgan fingerprint density at radius 2 is 1.66 bits per heavy atom. The van der Waals surface area contributed by atoms with Gasteiger partial charge in [-0.25, -0.2) is 13.8 Å². The van der Waals surface area contributed by atoms with Gasteiger partial charge in [-0.2, -0.15) is 0 Å². The van der Waals surface area contributed by atoms with E-state index in [-0.39, 0.29) is 6.54 Å². The summed E-state index contributed by atoms with van der Waals surface area (Å²) in [5.74, 6) is -1.98. The number of hydrogen-bond acceptors (Lipinski definition) is 2. The molecule has 0 aliphatic rings. The molecule has 1 heterocycles. The van der Waals surface area contributed by atoms with Crippen molar-refractivity contribution in [1.82, 2.24) is 14.9 Å². The highest BCUT2D eigenvalue weighted by Gasteiger charge is 2.18. The summed E-state index contributed by atoms with van der Waals surface area (Å²) in [6.07, 6.45) is 0. The molecule has 146 valence electrons. The number of amides is 1. The van der Waals surface area contributed by atoms with Crippen molar-refractivity contribution in [3.63, 3.8) is 0 Å². The minimum atomic E-state index is -0.893. The minimum Gasteiger partial charge on any atom is -0.345 e. The summed E-state index contributed by atoms with van der Waals surface area (Å²) in [5, 5.41) is 2.60. The molecular formula is C23H19F2N3O. The van der Waals surface area contributed by atoms with Crippen molar-refractivity contribution in [1.29, 1.82) is 0 Å². The number of hydrogen-bond donors (Lipinski definition) is 1. The third-order valence-electron chi connectivity index (χ3n) is 4.92. The molecule has 0 fully saturated rings. The van der Waals surface area contributed by atoms with Crippen LogP contribution in [0.15, 0.2) is 66.7 Å². The van der Waals surface area contributed by atoms with E-state index in [2.05, 4.69) is 10.3 Å². The van der Waals surface area contributed by atoms with Crippen molar-refractivity contribution in [2.75, 3.05) is 0 Å². The van der Waals surface area contributed by atoms with E-state index in [0.717, 1.165) is 34.3 Å². The molecule has 0 unspecified atom stereocenters.